The molecule has 0 saturated carbocycles. The third kappa shape index (κ3) is 4.26. The second-order valence-electron chi connectivity index (χ2n) is 8.67. The summed E-state index contributed by atoms with van der Waals surface area (Å²) in [5.41, 5.74) is 3.44. The monoisotopic (exact) mass is 458 g/mol. The van der Waals surface area contributed by atoms with Crippen molar-refractivity contribution in [3.05, 3.63) is 82.8 Å². The third-order valence-corrected chi connectivity index (χ3v) is 6.37. The van der Waals surface area contributed by atoms with Gasteiger partial charge in [-0.3, -0.25) is 19.3 Å². The standard InChI is InChI=1S/C27H26N2O5/c1-18(30)33-17-20-11-10-19(34-20)16-28-12-5-13-29(15-14-28)27(32)24-9-4-8-23-25(24)21-6-2-3-7-22(21)26(23)31/h2-4,6-11H,5,12-17H2,1H3. The average molecular weight is 459 g/mol. The molecule has 1 saturated heterocycles. The molecular formula is C27H26N2O5. The number of carbonyl (C=O) groups excluding carboxylic acids is 3. The van der Waals surface area contributed by atoms with E-state index in [1.807, 2.05) is 47.4 Å². The highest BCUT2D eigenvalue weighted by Gasteiger charge is 2.32. The number of amides is 1. The number of rotatable bonds is 5. The van der Waals surface area contributed by atoms with Crippen LogP contribution in [0.1, 0.15) is 51.1 Å². The van der Waals surface area contributed by atoms with Crippen molar-refractivity contribution in [2.24, 2.45) is 0 Å². The first kappa shape index (κ1) is 22.1. The van der Waals surface area contributed by atoms with Crippen LogP contribution in [-0.2, 0) is 22.7 Å². The number of ketones is 1. The first-order chi connectivity index (χ1) is 16.5. The number of ether oxygens (including phenoxy) is 1. The second-order valence-corrected chi connectivity index (χ2v) is 8.67. The summed E-state index contributed by atoms with van der Waals surface area (Å²) in [7, 11) is 0. The van der Waals surface area contributed by atoms with Crippen LogP contribution in [0.15, 0.2) is 59.0 Å². The summed E-state index contributed by atoms with van der Waals surface area (Å²) < 4.78 is 10.8. The summed E-state index contributed by atoms with van der Waals surface area (Å²) >= 11 is 0. The van der Waals surface area contributed by atoms with Crippen molar-refractivity contribution in [2.75, 3.05) is 26.2 Å². The molecule has 7 heteroatoms. The summed E-state index contributed by atoms with van der Waals surface area (Å²) in [5, 5.41) is 0. The van der Waals surface area contributed by atoms with Crippen molar-refractivity contribution in [1.82, 2.24) is 9.80 Å². The molecule has 1 aromatic heterocycles. The molecule has 0 spiro atoms. The first-order valence-corrected chi connectivity index (χ1v) is 11.5. The smallest absolute Gasteiger partial charge is 0.303 e. The van der Waals surface area contributed by atoms with Crippen molar-refractivity contribution in [1.29, 1.82) is 0 Å². The fourth-order valence-corrected chi connectivity index (χ4v) is 4.73. The Labute approximate surface area is 197 Å². The number of esters is 1. The Balaban J connectivity index is 1.28. The molecular weight excluding hydrogens is 432 g/mol. The summed E-state index contributed by atoms with van der Waals surface area (Å²) in [6.07, 6.45) is 0.845. The quantitative estimate of drug-likeness (QED) is 0.422. The van der Waals surface area contributed by atoms with Gasteiger partial charge in [0, 0.05) is 55.4 Å². The van der Waals surface area contributed by atoms with Crippen LogP contribution in [0.2, 0.25) is 0 Å². The van der Waals surface area contributed by atoms with Crippen LogP contribution in [0.5, 0.6) is 0 Å². The van der Waals surface area contributed by atoms with E-state index in [9.17, 15) is 14.4 Å². The van der Waals surface area contributed by atoms with Gasteiger partial charge in [0.15, 0.2) is 5.78 Å². The lowest BCUT2D eigenvalue weighted by Crippen LogP contribution is -2.35. The van der Waals surface area contributed by atoms with Gasteiger partial charge >= 0.3 is 5.97 Å². The molecule has 0 radical (unpaired) electrons. The Morgan fingerprint density at radius 2 is 1.65 bits per heavy atom. The van der Waals surface area contributed by atoms with Gasteiger partial charge in [-0.1, -0.05) is 36.4 Å². The van der Waals surface area contributed by atoms with E-state index in [1.165, 1.54) is 6.92 Å². The number of carbonyl (C=O) groups is 3. The van der Waals surface area contributed by atoms with Gasteiger partial charge in [-0.2, -0.15) is 0 Å². The second kappa shape index (κ2) is 9.27. The summed E-state index contributed by atoms with van der Waals surface area (Å²) in [6.45, 7) is 4.95. The largest absolute Gasteiger partial charge is 0.461 e. The number of hydrogen-bond acceptors (Lipinski definition) is 6. The Kier molecular flexibility index (Phi) is 6.02. The average Bonchev–Trinajstić information content (AvgIpc) is 3.32. The first-order valence-electron chi connectivity index (χ1n) is 11.5. The van der Waals surface area contributed by atoms with Gasteiger partial charge < -0.3 is 14.1 Å². The van der Waals surface area contributed by atoms with Gasteiger partial charge in [0.25, 0.3) is 5.91 Å². The van der Waals surface area contributed by atoms with Crippen molar-refractivity contribution >= 4 is 17.7 Å². The van der Waals surface area contributed by atoms with Gasteiger partial charge in [0.05, 0.1) is 6.54 Å². The number of hydrogen-bond donors (Lipinski definition) is 0. The van der Waals surface area contributed by atoms with Crippen LogP contribution in [-0.4, -0.2) is 53.6 Å². The molecule has 2 heterocycles. The van der Waals surface area contributed by atoms with Crippen LogP contribution in [0.3, 0.4) is 0 Å². The zero-order chi connectivity index (χ0) is 23.7. The van der Waals surface area contributed by atoms with Gasteiger partial charge in [-0.05, 0) is 30.2 Å². The molecule has 1 fully saturated rings. The Hall–Kier alpha value is -3.71. The fraction of sp³-hybridized carbons (Fsp3) is 0.296. The van der Waals surface area contributed by atoms with E-state index in [0.29, 0.717) is 42.1 Å². The topological polar surface area (TPSA) is 80.1 Å². The van der Waals surface area contributed by atoms with Gasteiger partial charge in [-0.15, -0.1) is 0 Å². The Bertz CT molecular complexity index is 1260. The van der Waals surface area contributed by atoms with Crippen LogP contribution >= 0.6 is 0 Å². The van der Waals surface area contributed by atoms with E-state index in [2.05, 4.69) is 4.90 Å². The minimum atomic E-state index is -0.341. The molecule has 174 valence electrons. The van der Waals surface area contributed by atoms with E-state index >= 15 is 0 Å². The maximum Gasteiger partial charge on any atom is 0.303 e. The highest BCUT2D eigenvalue weighted by atomic mass is 16.5. The molecule has 34 heavy (non-hydrogen) atoms. The lowest BCUT2D eigenvalue weighted by molar-refractivity contribution is -0.142. The third-order valence-electron chi connectivity index (χ3n) is 6.37. The molecule has 1 amide bonds. The van der Waals surface area contributed by atoms with Crippen LogP contribution in [0.25, 0.3) is 11.1 Å². The number of nitrogens with zero attached hydrogens (tertiary/aromatic N) is 2. The van der Waals surface area contributed by atoms with E-state index < -0.39 is 0 Å². The van der Waals surface area contributed by atoms with Crippen molar-refractivity contribution in [2.45, 2.75) is 26.5 Å². The summed E-state index contributed by atoms with van der Waals surface area (Å²) in [5.74, 6) is 1.02. The number of furan rings is 1. The Morgan fingerprint density at radius 1 is 0.882 bits per heavy atom. The highest BCUT2D eigenvalue weighted by molar-refractivity contribution is 6.24. The zero-order valence-electron chi connectivity index (χ0n) is 19.1. The van der Waals surface area contributed by atoms with Gasteiger partial charge in [0.1, 0.15) is 18.1 Å². The van der Waals surface area contributed by atoms with Crippen molar-refractivity contribution in [3.63, 3.8) is 0 Å². The molecule has 5 rings (SSSR count). The van der Waals surface area contributed by atoms with Crippen molar-refractivity contribution < 1.29 is 23.5 Å². The predicted molar refractivity (Wildman–Crippen MR) is 125 cm³/mol. The summed E-state index contributed by atoms with van der Waals surface area (Å²) in [6, 6.07) is 16.6. The molecule has 1 aliphatic heterocycles. The van der Waals surface area contributed by atoms with Gasteiger partial charge in [0.2, 0.25) is 0 Å². The SMILES string of the molecule is CC(=O)OCc1ccc(CN2CCCN(C(=O)c3cccc4c3-c3ccccc3C4=O)CC2)o1. The fourth-order valence-electron chi connectivity index (χ4n) is 4.73. The van der Waals surface area contributed by atoms with Gasteiger partial charge in [-0.25, -0.2) is 0 Å². The summed E-state index contributed by atoms with van der Waals surface area (Å²) in [4.78, 5) is 41.5. The van der Waals surface area contributed by atoms with Crippen LogP contribution in [0.4, 0.5) is 0 Å². The normalized spacial score (nSPS) is 15.6. The lowest BCUT2D eigenvalue weighted by atomic mass is 9.98. The van der Waals surface area contributed by atoms with E-state index in [1.54, 1.807) is 12.1 Å². The number of fused-ring (bicyclic) bond motifs is 3. The molecule has 2 aliphatic rings. The van der Waals surface area contributed by atoms with Crippen molar-refractivity contribution in [3.8, 4) is 11.1 Å². The van der Waals surface area contributed by atoms with E-state index in [0.717, 1.165) is 36.4 Å². The molecule has 0 bridgehead atoms. The minimum absolute atomic E-state index is 0.0196. The molecule has 1 aliphatic carbocycles. The van der Waals surface area contributed by atoms with E-state index in [4.69, 9.17) is 9.15 Å². The molecule has 0 N–H and O–H groups in total. The van der Waals surface area contributed by atoms with Crippen LogP contribution in [0, 0.1) is 0 Å². The molecule has 3 aromatic rings. The van der Waals surface area contributed by atoms with E-state index in [-0.39, 0.29) is 24.3 Å². The molecule has 0 atom stereocenters. The molecule has 2 aromatic carbocycles. The lowest BCUT2D eigenvalue weighted by Gasteiger charge is -2.22. The highest BCUT2D eigenvalue weighted by Crippen LogP contribution is 2.39. The number of benzene rings is 2. The molecule has 7 nitrogen and oxygen atoms in total. The maximum absolute atomic E-state index is 13.6. The zero-order valence-corrected chi connectivity index (χ0v) is 19.1. The van der Waals surface area contributed by atoms with Crippen LogP contribution < -0.4 is 0 Å². The molecule has 0 unspecified atom stereocenters. The predicted octanol–water partition coefficient (Wildman–Crippen LogP) is 3.90. The minimum Gasteiger partial charge on any atom is -0.461 e. The Morgan fingerprint density at radius 3 is 2.47 bits per heavy atom. The maximum atomic E-state index is 13.6.